The first kappa shape index (κ1) is 30.1. The van der Waals surface area contributed by atoms with E-state index in [4.69, 9.17) is 28.4 Å². The summed E-state index contributed by atoms with van der Waals surface area (Å²) in [6, 6.07) is 3.52. The molecule has 3 unspecified atom stereocenters. The van der Waals surface area contributed by atoms with E-state index in [-0.39, 0.29) is 50.2 Å². The van der Waals surface area contributed by atoms with Gasteiger partial charge in [-0.05, 0) is 44.9 Å². The Kier molecular flexibility index (Phi) is 8.09. The monoisotopic (exact) mass is 604 g/mol. The van der Waals surface area contributed by atoms with Gasteiger partial charge in [0.05, 0.1) is 25.3 Å². The lowest BCUT2D eigenvalue weighted by Crippen LogP contribution is -2.68. The van der Waals surface area contributed by atoms with Crippen molar-refractivity contribution in [2.24, 2.45) is 0 Å². The van der Waals surface area contributed by atoms with Gasteiger partial charge in [0.15, 0.2) is 29.8 Å². The molecule has 1 amide bonds. The number of hydrogen-bond acceptors (Lipinski definition) is 10. The Morgan fingerprint density at radius 2 is 1.91 bits per heavy atom. The summed E-state index contributed by atoms with van der Waals surface area (Å²) in [6.45, 7) is 10.1. The molecule has 234 valence electrons. The van der Waals surface area contributed by atoms with Gasteiger partial charge in [0.2, 0.25) is 12.7 Å². The van der Waals surface area contributed by atoms with Crippen LogP contribution in [0.15, 0.2) is 18.7 Å². The largest absolute Gasteiger partial charge is 0.493 e. The molecule has 0 radical (unpaired) electrons. The molecule has 0 saturated carbocycles. The fourth-order valence-electron chi connectivity index (χ4n) is 7.84. The van der Waals surface area contributed by atoms with Crippen LogP contribution in [0.25, 0.3) is 0 Å². The van der Waals surface area contributed by atoms with Crippen LogP contribution in [-0.4, -0.2) is 81.8 Å². The summed E-state index contributed by atoms with van der Waals surface area (Å²) in [6.07, 6.45) is 2.93. The standard InChI is InChI=1S/C33H40N4O7/c1-8-9-41-30-18(3)31-33(44-16-43-31)27-21(30)12-23-28-26-20(10-17(2)29(40-7)32(26)42-15-39-6)11-22(36(28)5)24(13-34)37(23)25(27)14-35-19(4)38/h8,10,22-25,28H,1,9,11-12,14-16H2,2-7H3,(H,35,38)/t22?,23-,24-,25?,28?/m0/s1. The molecule has 11 heteroatoms. The first-order valence-corrected chi connectivity index (χ1v) is 14.9. The van der Waals surface area contributed by atoms with Crippen molar-refractivity contribution >= 4 is 5.91 Å². The summed E-state index contributed by atoms with van der Waals surface area (Å²) in [5.41, 5.74) is 5.87. The lowest BCUT2D eigenvalue weighted by atomic mass is 9.71. The van der Waals surface area contributed by atoms with Crippen LogP contribution < -0.4 is 29.0 Å². The van der Waals surface area contributed by atoms with Crippen LogP contribution in [0.3, 0.4) is 0 Å². The molecule has 0 aromatic heterocycles. The number of amides is 1. The number of benzene rings is 2. The van der Waals surface area contributed by atoms with Crippen molar-refractivity contribution in [1.29, 1.82) is 5.26 Å². The highest BCUT2D eigenvalue weighted by Crippen LogP contribution is 2.58. The lowest BCUT2D eigenvalue weighted by Gasteiger charge is -2.60. The third-order valence-electron chi connectivity index (χ3n) is 9.46. The van der Waals surface area contributed by atoms with Gasteiger partial charge in [0.25, 0.3) is 0 Å². The van der Waals surface area contributed by atoms with Crippen molar-refractivity contribution < 1.29 is 33.2 Å². The number of hydrogen-bond donors (Lipinski definition) is 1. The number of fused-ring (bicyclic) bond motifs is 9. The third-order valence-corrected chi connectivity index (χ3v) is 9.46. The maximum atomic E-state index is 12.3. The van der Waals surface area contributed by atoms with Crippen molar-refractivity contribution in [2.75, 3.05) is 48.0 Å². The van der Waals surface area contributed by atoms with Crippen LogP contribution >= 0.6 is 0 Å². The van der Waals surface area contributed by atoms with Gasteiger partial charge in [0.1, 0.15) is 18.4 Å². The van der Waals surface area contributed by atoms with E-state index in [2.05, 4.69) is 40.9 Å². The highest BCUT2D eigenvalue weighted by atomic mass is 16.7. The van der Waals surface area contributed by atoms with Crippen molar-refractivity contribution in [1.82, 2.24) is 15.1 Å². The molecule has 1 N–H and O–H groups in total. The fourth-order valence-corrected chi connectivity index (χ4v) is 7.84. The average Bonchev–Trinajstić information content (AvgIpc) is 3.49. The molecular weight excluding hydrogens is 564 g/mol. The van der Waals surface area contributed by atoms with Gasteiger partial charge in [0, 0.05) is 54.9 Å². The minimum absolute atomic E-state index is 0.0670. The molecule has 0 aliphatic carbocycles. The smallest absolute Gasteiger partial charge is 0.231 e. The van der Waals surface area contributed by atoms with Gasteiger partial charge in [-0.15, -0.1) is 0 Å². The van der Waals surface area contributed by atoms with Crippen molar-refractivity contribution in [3.63, 3.8) is 0 Å². The van der Waals surface area contributed by atoms with Crippen LogP contribution in [0.5, 0.6) is 28.7 Å². The Bertz CT molecular complexity index is 1540. The number of nitriles is 1. The number of piperazine rings is 1. The summed E-state index contributed by atoms with van der Waals surface area (Å²) in [5, 5.41) is 13.9. The average molecular weight is 605 g/mol. The summed E-state index contributed by atoms with van der Waals surface area (Å²) in [5.74, 6) is 3.19. The number of nitrogens with zero attached hydrogens (tertiary/aromatic N) is 3. The number of likely N-dealkylation sites (N-methyl/N-ethyl adjacent to an activating group) is 1. The predicted molar refractivity (Wildman–Crippen MR) is 161 cm³/mol. The molecular formula is C33H40N4O7. The van der Waals surface area contributed by atoms with Gasteiger partial charge in [-0.1, -0.05) is 18.7 Å². The van der Waals surface area contributed by atoms with Crippen LogP contribution in [0, 0.1) is 25.2 Å². The Labute approximate surface area is 258 Å². The van der Waals surface area contributed by atoms with Gasteiger partial charge in [-0.2, -0.15) is 5.26 Å². The summed E-state index contributed by atoms with van der Waals surface area (Å²) >= 11 is 0. The molecule has 5 atom stereocenters. The minimum atomic E-state index is -0.469. The summed E-state index contributed by atoms with van der Waals surface area (Å²) in [4.78, 5) is 16.9. The molecule has 2 aromatic carbocycles. The number of aryl methyl sites for hydroxylation is 1. The maximum Gasteiger partial charge on any atom is 0.231 e. The molecule has 1 fully saturated rings. The van der Waals surface area contributed by atoms with Crippen LogP contribution in [-0.2, 0) is 22.4 Å². The topological polar surface area (TPSA) is 115 Å². The molecule has 4 aliphatic rings. The number of carbonyl (C=O) groups is 1. The molecule has 2 aromatic rings. The van der Waals surface area contributed by atoms with Gasteiger partial charge >= 0.3 is 0 Å². The molecule has 11 nitrogen and oxygen atoms in total. The van der Waals surface area contributed by atoms with E-state index in [1.807, 2.05) is 13.8 Å². The zero-order chi connectivity index (χ0) is 31.3. The van der Waals surface area contributed by atoms with Crippen molar-refractivity contribution in [2.45, 2.75) is 63.8 Å². The van der Waals surface area contributed by atoms with Crippen LogP contribution in [0.4, 0.5) is 0 Å². The fraction of sp³-hybridized carbons (Fsp3) is 0.515. The molecule has 44 heavy (non-hydrogen) atoms. The van der Waals surface area contributed by atoms with E-state index < -0.39 is 6.04 Å². The number of nitrogens with one attached hydrogen (secondary N) is 1. The SMILES string of the molecule is C=CCOc1c(C)c2c(c3c1C[C@H]1C4c5c(cc(C)c(OC)c5OCOC)CC([C@H](C#N)N1C3CNC(C)=O)N4C)OCO2. The zero-order valence-corrected chi connectivity index (χ0v) is 26.2. The van der Waals surface area contributed by atoms with Crippen LogP contribution in [0.2, 0.25) is 0 Å². The minimum Gasteiger partial charge on any atom is -0.493 e. The first-order chi connectivity index (χ1) is 21.3. The maximum absolute atomic E-state index is 12.3. The highest BCUT2D eigenvalue weighted by molar-refractivity contribution is 5.73. The van der Waals surface area contributed by atoms with Gasteiger partial charge < -0.3 is 33.7 Å². The number of rotatable bonds is 9. The second-order valence-electron chi connectivity index (χ2n) is 11.8. The zero-order valence-electron chi connectivity index (χ0n) is 26.2. The molecule has 4 aliphatic heterocycles. The molecule has 2 bridgehead atoms. The normalized spacial score (nSPS) is 24.8. The molecule has 1 saturated heterocycles. The van der Waals surface area contributed by atoms with Gasteiger partial charge in [-0.3, -0.25) is 14.6 Å². The Morgan fingerprint density at radius 1 is 1.14 bits per heavy atom. The first-order valence-electron chi connectivity index (χ1n) is 14.9. The Hall–Kier alpha value is -3.98. The van der Waals surface area contributed by atoms with E-state index in [9.17, 15) is 10.1 Å². The van der Waals surface area contributed by atoms with Crippen LogP contribution in [0.1, 0.15) is 52.4 Å². The highest BCUT2D eigenvalue weighted by Gasteiger charge is 2.57. The van der Waals surface area contributed by atoms with E-state index in [0.717, 1.165) is 39.1 Å². The third kappa shape index (κ3) is 4.55. The number of carbonyl (C=O) groups excluding carboxylic acids is 1. The van der Waals surface area contributed by atoms with E-state index >= 15 is 0 Å². The second kappa shape index (κ2) is 11.8. The molecule has 4 heterocycles. The Balaban J connectivity index is 1.61. The lowest BCUT2D eigenvalue weighted by molar-refractivity contribution is -0.120. The van der Waals surface area contributed by atoms with Gasteiger partial charge in [-0.25, -0.2) is 0 Å². The number of ether oxygens (including phenoxy) is 6. The quantitative estimate of drug-likeness (QED) is 0.337. The predicted octanol–water partition coefficient (Wildman–Crippen LogP) is 3.50. The molecule has 0 spiro atoms. The van der Waals surface area contributed by atoms with E-state index in [1.54, 1.807) is 20.3 Å². The second-order valence-corrected chi connectivity index (χ2v) is 11.8. The van der Waals surface area contributed by atoms with E-state index in [1.165, 1.54) is 6.92 Å². The van der Waals surface area contributed by atoms with Crippen molar-refractivity contribution in [3.05, 3.63) is 52.1 Å². The summed E-state index contributed by atoms with van der Waals surface area (Å²) in [7, 11) is 5.33. The molecule has 6 rings (SSSR count). The Morgan fingerprint density at radius 3 is 2.59 bits per heavy atom. The number of methoxy groups -OCH3 is 2. The van der Waals surface area contributed by atoms with Crippen molar-refractivity contribution in [3.8, 4) is 34.8 Å². The summed E-state index contributed by atoms with van der Waals surface area (Å²) < 4.78 is 35.9. The van der Waals surface area contributed by atoms with E-state index in [0.29, 0.717) is 42.4 Å².